The Balaban J connectivity index is 1.68. The number of benzene rings is 2. The van der Waals surface area contributed by atoms with E-state index in [1.165, 1.54) is 43.8 Å². The first-order chi connectivity index (χ1) is 14.1. The maximum Gasteiger partial charge on any atom is 0.343 e. The fourth-order valence-electron chi connectivity index (χ4n) is 2.35. The summed E-state index contributed by atoms with van der Waals surface area (Å²) in [5.41, 5.74) is 3.44. The van der Waals surface area contributed by atoms with Crippen LogP contribution in [0.4, 0.5) is 4.39 Å². The molecule has 1 N–H and O–H groups in total. The first-order valence-electron chi connectivity index (χ1n) is 8.46. The van der Waals surface area contributed by atoms with Crippen LogP contribution >= 0.6 is 0 Å². The zero-order chi connectivity index (χ0) is 20.6. The van der Waals surface area contributed by atoms with E-state index in [9.17, 15) is 14.0 Å². The van der Waals surface area contributed by atoms with Gasteiger partial charge in [-0.15, -0.1) is 0 Å². The van der Waals surface area contributed by atoms with Gasteiger partial charge in [0, 0.05) is 12.4 Å². The standard InChI is InChI=1S/C21H16FN3O4/c1-28-19-10-14(12-24-25-20(26)16-5-3-9-23-13-16)7-8-18(19)29-21(27)15-4-2-6-17(22)11-15/h2-13H,1H3,(H,25,26). The summed E-state index contributed by atoms with van der Waals surface area (Å²) < 4.78 is 23.8. The van der Waals surface area contributed by atoms with Gasteiger partial charge < -0.3 is 9.47 Å². The lowest BCUT2D eigenvalue weighted by Gasteiger charge is -2.10. The summed E-state index contributed by atoms with van der Waals surface area (Å²) >= 11 is 0. The number of esters is 1. The van der Waals surface area contributed by atoms with Crippen LogP contribution in [0.3, 0.4) is 0 Å². The molecule has 0 aliphatic heterocycles. The van der Waals surface area contributed by atoms with E-state index in [2.05, 4.69) is 15.5 Å². The van der Waals surface area contributed by atoms with Gasteiger partial charge in [0.2, 0.25) is 0 Å². The normalized spacial score (nSPS) is 10.6. The summed E-state index contributed by atoms with van der Waals surface area (Å²) in [5, 5.41) is 3.88. The van der Waals surface area contributed by atoms with Crippen molar-refractivity contribution in [1.29, 1.82) is 0 Å². The number of halogens is 1. The first kappa shape index (κ1) is 19.7. The number of rotatable bonds is 6. The summed E-state index contributed by atoms with van der Waals surface area (Å²) in [6.07, 6.45) is 4.40. The molecule has 0 spiro atoms. The number of hydrogen-bond donors (Lipinski definition) is 1. The second-order valence-electron chi connectivity index (χ2n) is 5.75. The van der Waals surface area contributed by atoms with Crippen LogP contribution in [0.1, 0.15) is 26.3 Å². The van der Waals surface area contributed by atoms with Crippen molar-refractivity contribution in [3.05, 3.63) is 89.5 Å². The molecule has 0 fully saturated rings. The molecule has 0 aliphatic rings. The molecule has 0 radical (unpaired) electrons. The third-order valence-corrected chi connectivity index (χ3v) is 3.75. The molecule has 0 aliphatic carbocycles. The van der Waals surface area contributed by atoms with Crippen LogP contribution < -0.4 is 14.9 Å². The Morgan fingerprint density at radius 2 is 1.90 bits per heavy atom. The van der Waals surface area contributed by atoms with Crippen LogP contribution in [0.5, 0.6) is 11.5 Å². The van der Waals surface area contributed by atoms with E-state index >= 15 is 0 Å². The molecule has 8 heteroatoms. The maximum absolute atomic E-state index is 13.3. The minimum atomic E-state index is -0.715. The minimum Gasteiger partial charge on any atom is -0.493 e. The van der Waals surface area contributed by atoms with Crippen LogP contribution in [-0.2, 0) is 0 Å². The number of ether oxygens (including phenoxy) is 2. The number of carbonyl (C=O) groups is 2. The summed E-state index contributed by atoms with van der Waals surface area (Å²) in [4.78, 5) is 28.0. The zero-order valence-corrected chi connectivity index (χ0v) is 15.3. The Hall–Kier alpha value is -4.07. The number of amides is 1. The molecule has 7 nitrogen and oxygen atoms in total. The molecule has 0 bridgehead atoms. The quantitative estimate of drug-likeness (QED) is 0.301. The summed E-state index contributed by atoms with van der Waals surface area (Å²) in [6.45, 7) is 0. The van der Waals surface area contributed by atoms with E-state index in [0.29, 0.717) is 11.1 Å². The van der Waals surface area contributed by atoms with Gasteiger partial charge in [-0.25, -0.2) is 14.6 Å². The lowest BCUT2D eigenvalue weighted by Crippen LogP contribution is -2.17. The number of hydrogen-bond acceptors (Lipinski definition) is 6. The molecule has 146 valence electrons. The van der Waals surface area contributed by atoms with Crippen molar-refractivity contribution in [3.8, 4) is 11.5 Å². The van der Waals surface area contributed by atoms with Gasteiger partial charge in [0.15, 0.2) is 11.5 Å². The van der Waals surface area contributed by atoms with Crippen LogP contribution in [0.25, 0.3) is 0 Å². The van der Waals surface area contributed by atoms with Crippen molar-refractivity contribution in [1.82, 2.24) is 10.4 Å². The predicted octanol–water partition coefficient (Wildman–Crippen LogP) is 3.21. The first-order valence-corrected chi connectivity index (χ1v) is 8.46. The highest BCUT2D eigenvalue weighted by molar-refractivity contribution is 5.94. The highest BCUT2D eigenvalue weighted by Crippen LogP contribution is 2.28. The molecule has 0 saturated carbocycles. The van der Waals surface area contributed by atoms with Gasteiger partial charge in [-0.1, -0.05) is 6.07 Å². The van der Waals surface area contributed by atoms with Crippen molar-refractivity contribution in [2.45, 2.75) is 0 Å². The molecule has 3 aromatic rings. The van der Waals surface area contributed by atoms with E-state index in [1.54, 1.807) is 30.5 Å². The average molecular weight is 393 g/mol. The van der Waals surface area contributed by atoms with E-state index in [1.807, 2.05) is 0 Å². The number of pyridine rings is 1. The van der Waals surface area contributed by atoms with Crippen molar-refractivity contribution < 1.29 is 23.5 Å². The Morgan fingerprint density at radius 1 is 1.07 bits per heavy atom. The number of methoxy groups -OCH3 is 1. The molecule has 1 heterocycles. The molecule has 2 aromatic carbocycles. The van der Waals surface area contributed by atoms with Gasteiger partial charge >= 0.3 is 5.97 Å². The van der Waals surface area contributed by atoms with Crippen molar-refractivity contribution in [3.63, 3.8) is 0 Å². The Morgan fingerprint density at radius 3 is 2.62 bits per heavy atom. The average Bonchev–Trinajstić information content (AvgIpc) is 2.75. The highest BCUT2D eigenvalue weighted by atomic mass is 19.1. The summed E-state index contributed by atoms with van der Waals surface area (Å²) in [5.74, 6) is -1.21. The number of nitrogens with one attached hydrogen (secondary N) is 1. The Kier molecular flexibility index (Phi) is 6.26. The van der Waals surface area contributed by atoms with Crippen molar-refractivity contribution in [2.24, 2.45) is 5.10 Å². The molecule has 1 aromatic heterocycles. The maximum atomic E-state index is 13.3. The lowest BCUT2D eigenvalue weighted by molar-refractivity contribution is 0.0729. The Labute approximate surface area is 165 Å². The fourth-order valence-corrected chi connectivity index (χ4v) is 2.35. The topological polar surface area (TPSA) is 89.9 Å². The lowest BCUT2D eigenvalue weighted by atomic mass is 10.2. The van der Waals surface area contributed by atoms with Gasteiger partial charge in [-0.2, -0.15) is 5.10 Å². The third kappa shape index (κ3) is 5.23. The predicted molar refractivity (Wildman–Crippen MR) is 104 cm³/mol. The number of aromatic nitrogens is 1. The zero-order valence-electron chi connectivity index (χ0n) is 15.3. The summed E-state index contributed by atoms with van der Waals surface area (Å²) in [6, 6.07) is 13.2. The minimum absolute atomic E-state index is 0.0795. The van der Waals surface area contributed by atoms with Gasteiger partial charge in [-0.3, -0.25) is 9.78 Å². The van der Waals surface area contributed by atoms with Gasteiger partial charge in [0.25, 0.3) is 5.91 Å². The second-order valence-corrected chi connectivity index (χ2v) is 5.75. The molecule has 1 amide bonds. The number of nitrogens with zero attached hydrogens (tertiary/aromatic N) is 2. The molecule has 29 heavy (non-hydrogen) atoms. The van der Waals surface area contributed by atoms with Crippen molar-refractivity contribution in [2.75, 3.05) is 7.11 Å². The monoisotopic (exact) mass is 393 g/mol. The second kappa shape index (κ2) is 9.23. The van der Waals surface area contributed by atoms with Gasteiger partial charge in [-0.05, 0) is 54.1 Å². The smallest absolute Gasteiger partial charge is 0.343 e. The molecule has 0 unspecified atom stereocenters. The van der Waals surface area contributed by atoms with Gasteiger partial charge in [0.05, 0.1) is 24.5 Å². The van der Waals surface area contributed by atoms with Crippen LogP contribution in [0.15, 0.2) is 72.1 Å². The van der Waals surface area contributed by atoms with Crippen LogP contribution in [0.2, 0.25) is 0 Å². The largest absolute Gasteiger partial charge is 0.493 e. The van der Waals surface area contributed by atoms with E-state index in [4.69, 9.17) is 9.47 Å². The van der Waals surface area contributed by atoms with Gasteiger partial charge in [0.1, 0.15) is 5.82 Å². The Bertz CT molecular complexity index is 1050. The SMILES string of the molecule is COc1cc(C=NNC(=O)c2cccnc2)ccc1OC(=O)c1cccc(F)c1. The fraction of sp³-hybridized carbons (Fsp3) is 0.0476. The van der Waals surface area contributed by atoms with E-state index in [-0.39, 0.29) is 17.1 Å². The van der Waals surface area contributed by atoms with Crippen molar-refractivity contribution >= 4 is 18.1 Å². The molecule has 0 saturated heterocycles. The molecular formula is C21H16FN3O4. The van der Waals surface area contributed by atoms with Crippen LogP contribution in [-0.4, -0.2) is 30.2 Å². The number of hydrazone groups is 1. The summed E-state index contributed by atoms with van der Waals surface area (Å²) in [7, 11) is 1.42. The third-order valence-electron chi connectivity index (χ3n) is 3.75. The van der Waals surface area contributed by atoms with E-state index in [0.717, 1.165) is 6.07 Å². The molecule has 0 atom stereocenters. The van der Waals surface area contributed by atoms with E-state index < -0.39 is 17.7 Å². The molecular weight excluding hydrogens is 377 g/mol. The number of carbonyl (C=O) groups excluding carboxylic acids is 2. The molecule has 3 rings (SSSR count). The highest BCUT2D eigenvalue weighted by Gasteiger charge is 2.13. The van der Waals surface area contributed by atoms with Crippen LogP contribution in [0, 0.1) is 5.82 Å².